The summed E-state index contributed by atoms with van der Waals surface area (Å²) in [4.78, 5) is 11.6. The largest absolute Gasteiger partial charge is 0.493 e. The lowest BCUT2D eigenvalue weighted by atomic mass is 9.90. The molecule has 0 spiro atoms. The zero-order chi connectivity index (χ0) is 16.2. The highest BCUT2D eigenvalue weighted by Gasteiger charge is 2.22. The molecule has 1 heterocycles. The number of para-hydroxylation sites is 1. The van der Waals surface area contributed by atoms with Gasteiger partial charge in [-0.3, -0.25) is 4.79 Å². The minimum atomic E-state index is -0.0569. The lowest BCUT2D eigenvalue weighted by Gasteiger charge is -2.26. The highest BCUT2D eigenvalue weighted by molar-refractivity contribution is 5.93. The second-order valence-corrected chi connectivity index (χ2v) is 5.81. The summed E-state index contributed by atoms with van der Waals surface area (Å²) >= 11 is 0. The third-order valence-corrected chi connectivity index (χ3v) is 4.22. The van der Waals surface area contributed by atoms with E-state index in [9.17, 15) is 4.79 Å². The van der Waals surface area contributed by atoms with E-state index in [2.05, 4.69) is 11.4 Å². The van der Waals surface area contributed by atoms with Crippen molar-refractivity contribution in [3.05, 3.63) is 59.2 Å². The van der Waals surface area contributed by atoms with Crippen molar-refractivity contribution in [2.75, 3.05) is 20.8 Å². The SMILES string of the molecule is CNC(=O)c1ccc(C[C@@H]2COc3c(cccc3OC)C2)cc1. The zero-order valence-corrected chi connectivity index (χ0v) is 13.5. The van der Waals surface area contributed by atoms with Crippen molar-refractivity contribution in [3.63, 3.8) is 0 Å². The van der Waals surface area contributed by atoms with Crippen LogP contribution in [-0.4, -0.2) is 26.7 Å². The quantitative estimate of drug-likeness (QED) is 0.944. The van der Waals surface area contributed by atoms with Crippen LogP contribution in [0.1, 0.15) is 21.5 Å². The van der Waals surface area contributed by atoms with E-state index in [1.165, 1.54) is 11.1 Å². The Bertz CT molecular complexity index is 694. The molecule has 4 heteroatoms. The number of fused-ring (bicyclic) bond motifs is 1. The Balaban J connectivity index is 1.69. The maximum absolute atomic E-state index is 11.6. The Morgan fingerprint density at radius 2 is 2.04 bits per heavy atom. The van der Waals surface area contributed by atoms with E-state index >= 15 is 0 Å². The van der Waals surface area contributed by atoms with Crippen LogP contribution in [0.2, 0.25) is 0 Å². The van der Waals surface area contributed by atoms with Gasteiger partial charge in [0.15, 0.2) is 11.5 Å². The molecule has 1 amide bonds. The van der Waals surface area contributed by atoms with Crippen LogP contribution < -0.4 is 14.8 Å². The predicted octanol–water partition coefficient (Wildman–Crippen LogP) is 2.85. The summed E-state index contributed by atoms with van der Waals surface area (Å²) < 4.78 is 11.3. The Kier molecular flexibility index (Phi) is 4.51. The number of hydrogen-bond acceptors (Lipinski definition) is 3. The number of rotatable bonds is 4. The summed E-state index contributed by atoms with van der Waals surface area (Å²) in [5.74, 6) is 2.05. The number of methoxy groups -OCH3 is 1. The Morgan fingerprint density at radius 1 is 1.26 bits per heavy atom. The van der Waals surface area contributed by atoms with Crippen molar-refractivity contribution in [1.82, 2.24) is 5.32 Å². The minimum Gasteiger partial charge on any atom is -0.493 e. The van der Waals surface area contributed by atoms with Crippen LogP contribution in [0.15, 0.2) is 42.5 Å². The van der Waals surface area contributed by atoms with Gasteiger partial charge in [-0.1, -0.05) is 24.3 Å². The molecule has 1 aliphatic heterocycles. The van der Waals surface area contributed by atoms with Crippen molar-refractivity contribution in [2.24, 2.45) is 5.92 Å². The van der Waals surface area contributed by atoms with E-state index in [0.29, 0.717) is 18.1 Å². The van der Waals surface area contributed by atoms with Gasteiger partial charge in [-0.15, -0.1) is 0 Å². The lowest BCUT2D eigenvalue weighted by molar-refractivity contribution is 0.0963. The van der Waals surface area contributed by atoms with Crippen molar-refractivity contribution in [1.29, 1.82) is 0 Å². The van der Waals surface area contributed by atoms with Crippen LogP contribution in [0.4, 0.5) is 0 Å². The normalized spacial score (nSPS) is 16.2. The standard InChI is InChI=1S/C19H21NO3/c1-20-19(21)15-8-6-13(7-9-15)10-14-11-16-4-3-5-17(22-2)18(16)23-12-14/h3-9,14H,10-12H2,1-2H3,(H,20,21)/t14-/m0/s1. The smallest absolute Gasteiger partial charge is 0.251 e. The van der Waals surface area contributed by atoms with Gasteiger partial charge in [0.2, 0.25) is 0 Å². The van der Waals surface area contributed by atoms with Crippen molar-refractivity contribution >= 4 is 5.91 Å². The van der Waals surface area contributed by atoms with E-state index in [0.717, 1.165) is 24.3 Å². The predicted molar refractivity (Wildman–Crippen MR) is 89.2 cm³/mol. The third-order valence-electron chi connectivity index (χ3n) is 4.22. The van der Waals surface area contributed by atoms with E-state index < -0.39 is 0 Å². The molecule has 2 aromatic carbocycles. The van der Waals surface area contributed by atoms with Crippen LogP contribution in [0.3, 0.4) is 0 Å². The van der Waals surface area contributed by atoms with Crippen LogP contribution >= 0.6 is 0 Å². The topological polar surface area (TPSA) is 47.6 Å². The molecule has 0 radical (unpaired) electrons. The van der Waals surface area contributed by atoms with E-state index in [1.54, 1.807) is 14.2 Å². The molecule has 1 N–H and O–H groups in total. The van der Waals surface area contributed by atoms with Crippen LogP contribution in [0, 0.1) is 5.92 Å². The molecule has 0 fully saturated rings. The maximum atomic E-state index is 11.6. The summed E-state index contributed by atoms with van der Waals surface area (Å²) in [6, 6.07) is 13.8. The molecule has 23 heavy (non-hydrogen) atoms. The molecule has 0 saturated carbocycles. The molecule has 1 atom stereocenters. The average Bonchev–Trinajstić information content (AvgIpc) is 2.61. The summed E-state index contributed by atoms with van der Waals surface area (Å²) in [7, 11) is 3.31. The van der Waals surface area contributed by atoms with Crippen molar-refractivity contribution < 1.29 is 14.3 Å². The van der Waals surface area contributed by atoms with Gasteiger partial charge >= 0.3 is 0 Å². The summed E-state index contributed by atoms with van der Waals surface area (Å²) in [5.41, 5.74) is 3.10. The second kappa shape index (κ2) is 6.73. The van der Waals surface area contributed by atoms with Gasteiger partial charge in [0.1, 0.15) is 0 Å². The zero-order valence-electron chi connectivity index (χ0n) is 13.5. The number of nitrogens with one attached hydrogen (secondary N) is 1. The highest BCUT2D eigenvalue weighted by Crippen LogP contribution is 2.36. The third kappa shape index (κ3) is 3.31. The first-order chi connectivity index (χ1) is 11.2. The monoisotopic (exact) mass is 311 g/mol. The van der Waals surface area contributed by atoms with Gasteiger partial charge in [-0.05, 0) is 42.2 Å². The molecule has 2 aromatic rings. The first-order valence-corrected chi connectivity index (χ1v) is 7.81. The molecule has 3 rings (SSSR count). The Morgan fingerprint density at radius 3 is 2.74 bits per heavy atom. The Labute approximate surface area is 136 Å². The Hall–Kier alpha value is -2.49. The average molecular weight is 311 g/mol. The van der Waals surface area contributed by atoms with Crippen LogP contribution in [-0.2, 0) is 12.8 Å². The van der Waals surface area contributed by atoms with Crippen LogP contribution in [0.25, 0.3) is 0 Å². The summed E-state index contributed by atoms with van der Waals surface area (Å²) in [6.07, 6.45) is 1.91. The molecule has 0 aromatic heterocycles. The highest BCUT2D eigenvalue weighted by atomic mass is 16.5. The fourth-order valence-electron chi connectivity index (χ4n) is 3.02. The second-order valence-electron chi connectivity index (χ2n) is 5.81. The first kappa shape index (κ1) is 15.4. The number of benzene rings is 2. The lowest BCUT2D eigenvalue weighted by Crippen LogP contribution is -2.23. The molecular weight excluding hydrogens is 290 g/mol. The molecule has 4 nitrogen and oxygen atoms in total. The van der Waals surface area contributed by atoms with Crippen LogP contribution in [0.5, 0.6) is 11.5 Å². The maximum Gasteiger partial charge on any atom is 0.251 e. The van der Waals surface area contributed by atoms with Crippen molar-refractivity contribution in [2.45, 2.75) is 12.8 Å². The summed E-state index contributed by atoms with van der Waals surface area (Å²) in [6.45, 7) is 0.685. The number of carbonyl (C=O) groups excluding carboxylic acids is 1. The van der Waals surface area contributed by atoms with E-state index in [1.807, 2.05) is 36.4 Å². The number of amides is 1. The minimum absolute atomic E-state index is 0.0569. The first-order valence-electron chi connectivity index (χ1n) is 7.81. The van der Waals surface area contributed by atoms with Gasteiger partial charge < -0.3 is 14.8 Å². The molecule has 1 aliphatic rings. The van der Waals surface area contributed by atoms with Gasteiger partial charge in [0, 0.05) is 18.5 Å². The van der Waals surface area contributed by atoms with Gasteiger partial charge in [0.25, 0.3) is 5.91 Å². The fourth-order valence-corrected chi connectivity index (χ4v) is 3.02. The van der Waals surface area contributed by atoms with Gasteiger partial charge in [0.05, 0.1) is 13.7 Å². The summed E-state index contributed by atoms with van der Waals surface area (Å²) in [5, 5.41) is 2.63. The van der Waals surface area contributed by atoms with Crippen molar-refractivity contribution in [3.8, 4) is 11.5 Å². The van der Waals surface area contributed by atoms with Gasteiger partial charge in [-0.2, -0.15) is 0 Å². The van der Waals surface area contributed by atoms with Gasteiger partial charge in [-0.25, -0.2) is 0 Å². The molecule has 0 unspecified atom stereocenters. The number of carbonyl (C=O) groups is 1. The molecular formula is C19H21NO3. The molecule has 0 aliphatic carbocycles. The van der Waals surface area contributed by atoms with E-state index in [4.69, 9.17) is 9.47 Å². The molecule has 0 bridgehead atoms. The number of ether oxygens (including phenoxy) is 2. The fraction of sp³-hybridized carbons (Fsp3) is 0.316. The molecule has 120 valence electrons. The van der Waals surface area contributed by atoms with E-state index in [-0.39, 0.29) is 5.91 Å². The number of hydrogen-bond donors (Lipinski definition) is 1. The molecule has 0 saturated heterocycles.